The number of hydrogen-bond acceptors (Lipinski definition) is 3. The van der Waals surface area contributed by atoms with E-state index in [1.165, 1.54) is 12.8 Å². The second kappa shape index (κ2) is 6.59. The van der Waals surface area contributed by atoms with Gasteiger partial charge in [-0.05, 0) is 18.8 Å². The fourth-order valence-corrected chi connectivity index (χ4v) is 2.52. The maximum atomic E-state index is 11.1. The van der Waals surface area contributed by atoms with E-state index < -0.39 is 17.9 Å². The molecular weight excluding hydrogens is 220 g/mol. The van der Waals surface area contributed by atoms with Crippen LogP contribution in [0.2, 0.25) is 0 Å². The smallest absolute Gasteiger partial charge is 0.320 e. The van der Waals surface area contributed by atoms with Crippen molar-refractivity contribution in [2.24, 2.45) is 11.7 Å². The summed E-state index contributed by atoms with van der Waals surface area (Å²) < 4.78 is 0. The van der Waals surface area contributed by atoms with Crippen molar-refractivity contribution >= 4 is 11.9 Å². The van der Waals surface area contributed by atoms with E-state index >= 15 is 0 Å². The molecule has 98 valence electrons. The molecule has 1 aliphatic heterocycles. The summed E-state index contributed by atoms with van der Waals surface area (Å²) in [5.74, 6) is -0.906. The highest BCUT2D eigenvalue weighted by atomic mass is 16.4. The van der Waals surface area contributed by atoms with Gasteiger partial charge in [0.25, 0.3) is 0 Å². The van der Waals surface area contributed by atoms with Crippen LogP contribution in [-0.4, -0.2) is 41.0 Å². The number of likely N-dealkylation sites (tertiary alicyclic amines) is 1. The summed E-state index contributed by atoms with van der Waals surface area (Å²) in [7, 11) is 0. The standard InChI is InChI=1S/C12H22N2O3/c1-2-3-4-5-9-6-10(12(16)17)14(7-9)8-11(13)15/h9-10H,2-8H2,1H3,(H2,13,15)(H,16,17). The lowest BCUT2D eigenvalue weighted by Gasteiger charge is -2.18. The van der Waals surface area contributed by atoms with Crippen molar-refractivity contribution in [3.05, 3.63) is 0 Å². The number of primary amides is 1. The largest absolute Gasteiger partial charge is 0.480 e. The fourth-order valence-electron chi connectivity index (χ4n) is 2.52. The number of nitrogens with two attached hydrogens (primary N) is 1. The van der Waals surface area contributed by atoms with Gasteiger partial charge in [0.15, 0.2) is 0 Å². The molecule has 0 aromatic rings. The number of carboxylic acid groups (broad SMARTS) is 1. The van der Waals surface area contributed by atoms with Gasteiger partial charge in [-0.1, -0.05) is 26.2 Å². The summed E-state index contributed by atoms with van der Waals surface area (Å²) in [5, 5.41) is 9.09. The summed E-state index contributed by atoms with van der Waals surface area (Å²) >= 11 is 0. The number of nitrogens with zero attached hydrogens (tertiary/aromatic N) is 1. The predicted molar refractivity (Wildman–Crippen MR) is 64.4 cm³/mol. The lowest BCUT2D eigenvalue weighted by atomic mass is 9.98. The van der Waals surface area contributed by atoms with Crippen molar-refractivity contribution in [2.75, 3.05) is 13.1 Å². The normalized spacial score (nSPS) is 25.0. The first-order chi connectivity index (χ1) is 8.04. The van der Waals surface area contributed by atoms with E-state index in [4.69, 9.17) is 10.8 Å². The third-order valence-corrected chi connectivity index (χ3v) is 3.35. The molecule has 0 aromatic carbocycles. The van der Waals surface area contributed by atoms with Crippen molar-refractivity contribution in [2.45, 2.75) is 45.1 Å². The highest BCUT2D eigenvalue weighted by Gasteiger charge is 2.36. The summed E-state index contributed by atoms with van der Waals surface area (Å²) in [6, 6.07) is -0.533. The van der Waals surface area contributed by atoms with Crippen LogP contribution in [0.15, 0.2) is 0 Å². The Balaban J connectivity index is 2.47. The van der Waals surface area contributed by atoms with Crippen LogP contribution in [0.4, 0.5) is 0 Å². The molecular formula is C12H22N2O3. The van der Waals surface area contributed by atoms with E-state index in [-0.39, 0.29) is 6.54 Å². The van der Waals surface area contributed by atoms with Gasteiger partial charge in [0.05, 0.1) is 6.54 Å². The van der Waals surface area contributed by atoms with Gasteiger partial charge in [-0.15, -0.1) is 0 Å². The van der Waals surface area contributed by atoms with Crippen LogP contribution >= 0.6 is 0 Å². The first-order valence-corrected chi connectivity index (χ1v) is 6.29. The fraction of sp³-hybridized carbons (Fsp3) is 0.833. The van der Waals surface area contributed by atoms with Gasteiger partial charge in [0, 0.05) is 6.54 Å². The van der Waals surface area contributed by atoms with Gasteiger partial charge in [-0.3, -0.25) is 14.5 Å². The average molecular weight is 242 g/mol. The number of hydrogen-bond donors (Lipinski definition) is 2. The minimum atomic E-state index is -0.843. The molecule has 0 saturated carbocycles. The van der Waals surface area contributed by atoms with E-state index in [9.17, 15) is 9.59 Å². The molecule has 1 saturated heterocycles. The zero-order chi connectivity index (χ0) is 12.8. The van der Waals surface area contributed by atoms with Crippen molar-refractivity contribution in [1.82, 2.24) is 4.90 Å². The minimum absolute atomic E-state index is 0.0568. The second-order valence-corrected chi connectivity index (χ2v) is 4.85. The predicted octanol–water partition coefficient (Wildman–Crippen LogP) is 0.827. The highest BCUT2D eigenvalue weighted by Crippen LogP contribution is 2.27. The first-order valence-electron chi connectivity index (χ1n) is 6.29. The Bertz CT molecular complexity index is 281. The van der Waals surface area contributed by atoms with Crippen LogP contribution in [0, 0.1) is 5.92 Å². The highest BCUT2D eigenvalue weighted by molar-refractivity contribution is 5.78. The second-order valence-electron chi connectivity index (χ2n) is 4.85. The Kier molecular flexibility index (Phi) is 5.41. The Morgan fingerprint density at radius 1 is 1.41 bits per heavy atom. The molecule has 2 unspecified atom stereocenters. The minimum Gasteiger partial charge on any atom is -0.480 e. The van der Waals surface area contributed by atoms with Crippen LogP contribution in [-0.2, 0) is 9.59 Å². The third-order valence-electron chi connectivity index (χ3n) is 3.35. The number of rotatable bonds is 7. The van der Waals surface area contributed by atoms with Crippen molar-refractivity contribution < 1.29 is 14.7 Å². The number of carbonyl (C=O) groups is 2. The SMILES string of the molecule is CCCCCC1CC(C(=O)O)N(CC(N)=O)C1. The summed E-state index contributed by atoms with van der Waals surface area (Å²) in [6.07, 6.45) is 5.18. The molecule has 17 heavy (non-hydrogen) atoms. The molecule has 1 heterocycles. The molecule has 2 atom stereocenters. The molecule has 1 amide bonds. The molecule has 1 aliphatic rings. The van der Waals surface area contributed by atoms with E-state index in [0.29, 0.717) is 18.9 Å². The average Bonchev–Trinajstić information content (AvgIpc) is 2.60. The Labute approximate surface area is 102 Å². The zero-order valence-corrected chi connectivity index (χ0v) is 10.4. The summed E-state index contributed by atoms with van der Waals surface area (Å²) in [4.78, 5) is 23.6. The van der Waals surface area contributed by atoms with Crippen LogP contribution in [0.25, 0.3) is 0 Å². The summed E-state index contributed by atoms with van der Waals surface area (Å²) in [6.45, 7) is 2.89. The molecule has 0 radical (unpaired) electrons. The first kappa shape index (κ1) is 14.0. The van der Waals surface area contributed by atoms with Crippen LogP contribution in [0.1, 0.15) is 39.0 Å². The lowest BCUT2D eigenvalue weighted by Crippen LogP contribution is -2.41. The topological polar surface area (TPSA) is 83.6 Å². The maximum Gasteiger partial charge on any atom is 0.320 e. The molecule has 0 aliphatic carbocycles. The van der Waals surface area contributed by atoms with Crippen molar-refractivity contribution in [3.63, 3.8) is 0 Å². The van der Waals surface area contributed by atoms with Gasteiger partial charge in [0.2, 0.25) is 5.91 Å². The Morgan fingerprint density at radius 3 is 2.65 bits per heavy atom. The van der Waals surface area contributed by atoms with Gasteiger partial charge in [-0.25, -0.2) is 0 Å². The maximum absolute atomic E-state index is 11.1. The quantitative estimate of drug-likeness (QED) is 0.648. The number of unbranched alkanes of at least 4 members (excludes halogenated alkanes) is 2. The molecule has 1 rings (SSSR count). The molecule has 1 fully saturated rings. The third kappa shape index (κ3) is 4.34. The van der Waals surface area contributed by atoms with Crippen LogP contribution in [0.5, 0.6) is 0 Å². The van der Waals surface area contributed by atoms with Gasteiger partial charge < -0.3 is 10.8 Å². The Hall–Kier alpha value is -1.10. The van der Waals surface area contributed by atoms with Gasteiger partial charge in [-0.2, -0.15) is 0 Å². The molecule has 0 bridgehead atoms. The number of amides is 1. The van der Waals surface area contributed by atoms with E-state index in [1.807, 2.05) is 0 Å². The summed E-state index contributed by atoms with van der Waals surface area (Å²) in [5.41, 5.74) is 5.13. The monoisotopic (exact) mass is 242 g/mol. The van der Waals surface area contributed by atoms with Crippen LogP contribution in [0.3, 0.4) is 0 Å². The number of carboxylic acids is 1. The van der Waals surface area contributed by atoms with Crippen LogP contribution < -0.4 is 5.73 Å². The molecule has 5 heteroatoms. The lowest BCUT2D eigenvalue weighted by molar-refractivity contribution is -0.142. The molecule has 5 nitrogen and oxygen atoms in total. The van der Waals surface area contributed by atoms with Crippen molar-refractivity contribution in [3.8, 4) is 0 Å². The van der Waals surface area contributed by atoms with E-state index in [1.54, 1.807) is 4.90 Å². The zero-order valence-electron chi connectivity index (χ0n) is 10.4. The Morgan fingerprint density at radius 2 is 2.12 bits per heavy atom. The number of aliphatic carboxylic acids is 1. The van der Waals surface area contributed by atoms with Crippen molar-refractivity contribution in [1.29, 1.82) is 0 Å². The van der Waals surface area contributed by atoms with E-state index in [0.717, 1.165) is 12.8 Å². The van der Waals surface area contributed by atoms with Gasteiger partial charge in [0.1, 0.15) is 6.04 Å². The molecule has 3 N–H and O–H groups in total. The molecule has 0 aromatic heterocycles. The van der Waals surface area contributed by atoms with E-state index in [2.05, 4.69) is 6.92 Å². The molecule has 0 spiro atoms. The van der Waals surface area contributed by atoms with Gasteiger partial charge >= 0.3 is 5.97 Å². The number of carbonyl (C=O) groups excluding carboxylic acids is 1.